The van der Waals surface area contributed by atoms with Crippen LogP contribution < -0.4 is 10.6 Å². The molecule has 0 radical (unpaired) electrons. The highest BCUT2D eigenvalue weighted by Crippen LogP contribution is 2.24. The van der Waals surface area contributed by atoms with Crippen LogP contribution in [0.5, 0.6) is 0 Å². The molecule has 8 heteroatoms. The number of carbonyl (C=O) groups excluding carboxylic acids is 2. The van der Waals surface area contributed by atoms with Crippen molar-refractivity contribution >= 4 is 41.5 Å². The van der Waals surface area contributed by atoms with Crippen LogP contribution >= 0.6 is 24.0 Å². The number of hydrogen-bond donors (Lipinski definition) is 2. The van der Waals surface area contributed by atoms with Crippen molar-refractivity contribution in [2.45, 2.75) is 25.7 Å². The second-order valence-corrected chi connectivity index (χ2v) is 7.29. The molecule has 0 saturated carbocycles. The number of ether oxygens (including phenoxy) is 1. The first-order valence-electron chi connectivity index (χ1n) is 9.30. The van der Waals surface area contributed by atoms with Crippen LogP contribution in [0.15, 0.2) is 18.2 Å². The number of halogens is 2. The van der Waals surface area contributed by atoms with E-state index in [0.29, 0.717) is 54.9 Å². The average Bonchev–Trinajstić information content (AvgIpc) is 2.67. The fraction of sp³-hybridized carbons (Fsp3) is 0.579. The first kappa shape index (κ1) is 22.0. The number of hydrogen-bond acceptors (Lipinski definition) is 4. The Bertz CT molecular complexity index is 645. The summed E-state index contributed by atoms with van der Waals surface area (Å²) < 4.78 is 5.27. The standard InChI is InChI=1S/C19H26ClN3O3.ClH/c20-17-13-15(22-18(24)4-1-14-5-7-21-8-6-14)2-3-16(17)19(25)23-9-11-26-12-10-23;/h2-3,13-14,21H,1,4-12H2,(H,22,24);1H. The fourth-order valence-electron chi connectivity index (χ4n) is 3.43. The first-order valence-corrected chi connectivity index (χ1v) is 9.68. The number of nitrogens with one attached hydrogen (secondary N) is 2. The van der Waals surface area contributed by atoms with Crippen LogP contribution in [0, 0.1) is 5.92 Å². The molecule has 1 aromatic rings. The Morgan fingerprint density at radius 1 is 1.22 bits per heavy atom. The molecule has 0 atom stereocenters. The maximum Gasteiger partial charge on any atom is 0.255 e. The van der Waals surface area contributed by atoms with Crippen molar-refractivity contribution in [2.75, 3.05) is 44.7 Å². The Hall–Kier alpha value is -1.34. The molecule has 2 amide bonds. The minimum absolute atomic E-state index is 0. The molecule has 3 rings (SSSR count). The molecule has 2 heterocycles. The average molecular weight is 416 g/mol. The third-order valence-electron chi connectivity index (χ3n) is 5.02. The number of piperidine rings is 1. The summed E-state index contributed by atoms with van der Waals surface area (Å²) in [5.74, 6) is 0.521. The minimum Gasteiger partial charge on any atom is -0.378 e. The highest BCUT2D eigenvalue weighted by atomic mass is 35.5. The lowest BCUT2D eigenvalue weighted by Crippen LogP contribution is -2.40. The molecule has 0 aliphatic carbocycles. The summed E-state index contributed by atoms with van der Waals surface area (Å²) in [6, 6.07) is 5.07. The Morgan fingerprint density at radius 2 is 1.93 bits per heavy atom. The number of amides is 2. The van der Waals surface area contributed by atoms with E-state index < -0.39 is 0 Å². The largest absolute Gasteiger partial charge is 0.378 e. The van der Waals surface area contributed by atoms with Gasteiger partial charge in [-0.1, -0.05) is 11.6 Å². The molecule has 6 nitrogen and oxygen atoms in total. The lowest BCUT2D eigenvalue weighted by atomic mass is 9.93. The van der Waals surface area contributed by atoms with E-state index >= 15 is 0 Å². The summed E-state index contributed by atoms with van der Waals surface area (Å²) in [6.45, 7) is 4.33. The van der Waals surface area contributed by atoms with E-state index in [4.69, 9.17) is 16.3 Å². The van der Waals surface area contributed by atoms with Gasteiger partial charge >= 0.3 is 0 Å². The molecule has 0 bridgehead atoms. The van der Waals surface area contributed by atoms with Gasteiger partial charge in [-0.25, -0.2) is 0 Å². The molecule has 27 heavy (non-hydrogen) atoms. The van der Waals surface area contributed by atoms with Gasteiger partial charge in [0.15, 0.2) is 0 Å². The van der Waals surface area contributed by atoms with Gasteiger partial charge in [-0.2, -0.15) is 0 Å². The molecule has 0 spiro atoms. The number of rotatable bonds is 5. The fourth-order valence-corrected chi connectivity index (χ4v) is 3.69. The zero-order valence-electron chi connectivity index (χ0n) is 15.3. The lowest BCUT2D eigenvalue weighted by molar-refractivity contribution is -0.116. The van der Waals surface area contributed by atoms with Gasteiger partial charge in [-0.15, -0.1) is 12.4 Å². The maximum atomic E-state index is 12.5. The van der Waals surface area contributed by atoms with E-state index in [-0.39, 0.29) is 24.2 Å². The van der Waals surface area contributed by atoms with Crippen molar-refractivity contribution in [3.8, 4) is 0 Å². The second kappa shape index (κ2) is 10.9. The van der Waals surface area contributed by atoms with E-state index in [0.717, 1.165) is 32.4 Å². The quantitative estimate of drug-likeness (QED) is 0.775. The van der Waals surface area contributed by atoms with Gasteiger partial charge in [0.1, 0.15) is 0 Å². The molecule has 2 aliphatic rings. The molecule has 0 aromatic heterocycles. The number of carbonyl (C=O) groups is 2. The van der Waals surface area contributed by atoms with E-state index in [1.165, 1.54) is 0 Å². The lowest BCUT2D eigenvalue weighted by Gasteiger charge is -2.27. The Kier molecular flexibility index (Phi) is 8.83. The second-order valence-electron chi connectivity index (χ2n) is 6.88. The molecule has 2 saturated heterocycles. The van der Waals surface area contributed by atoms with Crippen molar-refractivity contribution in [3.63, 3.8) is 0 Å². The van der Waals surface area contributed by atoms with Gasteiger partial charge in [0.05, 0.1) is 23.8 Å². The number of morpholine rings is 1. The van der Waals surface area contributed by atoms with Crippen molar-refractivity contribution in [2.24, 2.45) is 5.92 Å². The van der Waals surface area contributed by atoms with E-state index in [1.807, 2.05) is 0 Å². The zero-order valence-corrected chi connectivity index (χ0v) is 16.9. The number of anilines is 1. The maximum absolute atomic E-state index is 12.5. The van der Waals surface area contributed by atoms with Crippen molar-refractivity contribution in [3.05, 3.63) is 28.8 Å². The predicted molar refractivity (Wildman–Crippen MR) is 109 cm³/mol. The van der Waals surface area contributed by atoms with Crippen LogP contribution in [0.3, 0.4) is 0 Å². The van der Waals surface area contributed by atoms with E-state index in [2.05, 4.69) is 10.6 Å². The third-order valence-corrected chi connectivity index (χ3v) is 5.33. The molecule has 2 fully saturated rings. The predicted octanol–water partition coefficient (Wildman–Crippen LogP) is 2.95. The van der Waals surface area contributed by atoms with Crippen LogP contribution in [0.4, 0.5) is 5.69 Å². The van der Waals surface area contributed by atoms with Gasteiger partial charge in [-0.05, 0) is 56.5 Å². The normalized spacial score (nSPS) is 17.9. The minimum atomic E-state index is -0.0953. The third kappa shape index (κ3) is 6.35. The Morgan fingerprint density at radius 3 is 2.59 bits per heavy atom. The summed E-state index contributed by atoms with van der Waals surface area (Å²) in [5.41, 5.74) is 1.09. The molecule has 1 aromatic carbocycles. The van der Waals surface area contributed by atoms with Crippen molar-refractivity contribution in [1.82, 2.24) is 10.2 Å². The summed E-state index contributed by atoms with van der Waals surface area (Å²) in [7, 11) is 0. The van der Waals surface area contributed by atoms with Crippen LogP contribution in [0.2, 0.25) is 5.02 Å². The van der Waals surface area contributed by atoms with Gasteiger partial charge in [0, 0.05) is 25.2 Å². The zero-order chi connectivity index (χ0) is 18.4. The van der Waals surface area contributed by atoms with Gasteiger partial charge in [0.25, 0.3) is 5.91 Å². The summed E-state index contributed by atoms with van der Waals surface area (Å²) in [4.78, 5) is 26.4. The first-order chi connectivity index (χ1) is 12.6. The summed E-state index contributed by atoms with van der Waals surface area (Å²) >= 11 is 6.29. The molecule has 2 aliphatic heterocycles. The molecule has 0 unspecified atom stereocenters. The number of nitrogens with zero attached hydrogens (tertiary/aromatic N) is 1. The highest BCUT2D eigenvalue weighted by molar-refractivity contribution is 6.34. The molecular weight excluding hydrogens is 389 g/mol. The van der Waals surface area contributed by atoms with Gasteiger partial charge in [-0.3, -0.25) is 9.59 Å². The Balaban J connectivity index is 0.00000261. The van der Waals surface area contributed by atoms with Crippen molar-refractivity contribution in [1.29, 1.82) is 0 Å². The summed E-state index contributed by atoms with van der Waals surface area (Å²) in [5, 5.41) is 6.58. The highest BCUT2D eigenvalue weighted by Gasteiger charge is 2.21. The SMILES string of the molecule is Cl.O=C(CCC1CCNCC1)Nc1ccc(C(=O)N2CCOCC2)c(Cl)c1. The van der Waals surface area contributed by atoms with Gasteiger partial charge in [0.2, 0.25) is 5.91 Å². The van der Waals surface area contributed by atoms with Gasteiger partial charge < -0.3 is 20.3 Å². The molecular formula is C19H27Cl2N3O3. The van der Waals surface area contributed by atoms with Crippen LogP contribution in [0.1, 0.15) is 36.0 Å². The number of benzene rings is 1. The topological polar surface area (TPSA) is 70.7 Å². The molecule has 150 valence electrons. The smallest absolute Gasteiger partial charge is 0.255 e. The van der Waals surface area contributed by atoms with Crippen LogP contribution in [0.25, 0.3) is 0 Å². The monoisotopic (exact) mass is 415 g/mol. The Labute approximate surface area is 171 Å². The molecule has 2 N–H and O–H groups in total. The van der Waals surface area contributed by atoms with E-state index in [9.17, 15) is 9.59 Å². The summed E-state index contributed by atoms with van der Waals surface area (Å²) in [6.07, 6.45) is 3.69. The van der Waals surface area contributed by atoms with E-state index in [1.54, 1.807) is 23.1 Å². The van der Waals surface area contributed by atoms with Crippen LogP contribution in [-0.4, -0.2) is 56.1 Å². The van der Waals surface area contributed by atoms with Crippen LogP contribution in [-0.2, 0) is 9.53 Å². The van der Waals surface area contributed by atoms with Crippen molar-refractivity contribution < 1.29 is 14.3 Å².